The highest BCUT2D eigenvalue weighted by molar-refractivity contribution is 6.05. The van der Waals surface area contributed by atoms with Crippen molar-refractivity contribution in [3.63, 3.8) is 0 Å². The number of amides is 2. The lowest BCUT2D eigenvalue weighted by Gasteiger charge is -2.42. The first-order chi connectivity index (χ1) is 16.2. The first-order valence-electron chi connectivity index (χ1n) is 10.8. The van der Waals surface area contributed by atoms with Crippen LogP contribution in [0.1, 0.15) is 40.0 Å². The molecule has 0 saturated carbocycles. The standard InChI is InChI=1S/C24H24F2N2O6/c1-28-19-5-4-17(11-22(29)32-2)34-21(19)12-33-20-6-3-16(10-18(20)24(28)31)27-23(30)13-7-14(25)9-15(26)8-13/h3,6-10,17,19,21H,4-5,11-12H2,1-2H3,(H,27,30)/t17-,19+,21+/m0/s1. The van der Waals surface area contributed by atoms with E-state index in [-0.39, 0.29) is 53.9 Å². The number of hydrogen-bond donors (Lipinski definition) is 1. The van der Waals surface area contributed by atoms with E-state index in [1.807, 2.05) is 0 Å². The van der Waals surface area contributed by atoms with Gasteiger partial charge in [-0.15, -0.1) is 0 Å². The van der Waals surface area contributed by atoms with Crippen LogP contribution in [-0.4, -0.2) is 61.7 Å². The highest BCUT2D eigenvalue weighted by atomic mass is 19.1. The molecule has 0 radical (unpaired) electrons. The number of esters is 1. The lowest BCUT2D eigenvalue weighted by atomic mass is 9.94. The summed E-state index contributed by atoms with van der Waals surface area (Å²) >= 11 is 0. The number of anilines is 1. The largest absolute Gasteiger partial charge is 0.490 e. The molecule has 0 aliphatic carbocycles. The zero-order valence-electron chi connectivity index (χ0n) is 18.7. The van der Waals surface area contributed by atoms with Crippen LogP contribution in [0.5, 0.6) is 5.75 Å². The van der Waals surface area contributed by atoms with Crippen molar-refractivity contribution in [2.75, 3.05) is 26.1 Å². The van der Waals surface area contributed by atoms with Crippen molar-refractivity contribution in [1.29, 1.82) is 0 Å². The minimum absolute atomic E-state index is 0.131. The molecule has 1 N–H and O–H groups in total. The van der Waals surface area contributed by atoms with Gasteiger partial charge >= 0.3 is 5.97 Å². The Balaban J connectivity index is 1.52. The van der Waals surface area contributed by atoms with Gasteiger partial charge in [0.1, 0.15) is 30.1 Å². The van der Waals surface area contributed by atoms with Crippen LogP contribution in [0.25, 0.3) is 0 Å². The fourth-order valence-corrected chi connectivity index (χ4v) is 4.26. The number of methoxy groups -OCH3 is 1. The Morgan fingerprint density at radius 3 is 2.59 bits per heavy atom. The van der Waals surface area contributed by atoms with Gasteiger partial charge in [0.15, 0.2) is 0 Å². The first-order valence-corrected chi connectivity index (χ1v) is 10.8. The van der Waals surface area contributed by atoms with E-state index in [9.17, 15) is 23.2 Å². The van der Waals surface area contributed by atoms with E-state index in [0.717, 1.165) is 12.1 Å². The van der Waals surface area contributed by atoms with E-state index < -0.39 is 23.6 Å². The molecule has 3 atom stereocenters. The van der Waals surface area contributed by atoms with Gasteiger partial charge in [0, 0.05) is 24.4 Å². The van der Waals surface area contributed by atoms with E-state index in [4.69, 9.17) is 14.2 Å². The topological polar surface area (TPSA) is 94.2 Å². The number of nitrogens with one attached hydrogen (secondary N) is 1. The van der Waals surface area contributed by atoms with Crippen LogP contribution in [0.15, 0.2) is 36.4 Å². The summed E-state index contributed by atoms with van der Waals surface area (Å²) in [5.41, 5.74) is 0.322. The predicted octanol–water partition coefficient (Wildman–Crippen LogP) is 3.16. The number of rotatable bonds is 4. The minimum atomic E-state index is -0.869. The molecular formula is C24H24F2N2O6. The fourth-order valence-electron chi connectivity index (χ4n) is 4.26. The van der Waals surface area contributed by atoms with Gasteiger partial charge in [0.25, 0.3) is 11.8 Å². The van der Waals surface area contributed by atoms with E-state index in [2.05, 4.69) is 5.32 Å². The quantitative estimate of drug-likeness (QED) is 0.685. The zero-order valence-corrected chi connectivity index (χ0v) is 18.7. The summed E-state index contributed by atoms with van der Waals surface area (Å²) in [7, 11) is 2.99. The summed E-state index contributed by atoms with van der Waals surface area (Å²) in [6, 6.07) is 6.79. The van der Waals surface area contributed by atoms with Gasteiger partial charge in [0.05, 0.1) is 31.2 Å². The summed E-state index contributed by atoms with van der Waals surface area (Å²) in [4.78, 5) is 38.9. The lowest BCUT2D eigenvalue weighted by molar-refractivity contribution is -0.151. The number of carbonyl (C=O) groups is 3. The third kappa shape index (κ3) is 5.01. The number of halogens is 2. The molecule has 0 spiro atoms. The lowest BCUT2D eigenvalue weighted by Crippen LogP contribution is -2.53. The highest BCUT2D eigenvalue weighted by Gasteiger charge is 2.39. The molecule has 2 aromatic rings. The van der Waals surface area contributed by atoms with Crippen LogP contribution in [0.3, 0.4) is 0 Å². The third-order valence-corrected chi connectivity index (χ3v) is 6.02. The van der Waals surface area contributed by atoms with Gasteiger partial charge in [-0.05, 0) is 43.2 Å². The van der Waals surface area contributed by atoms with Gasteiger partial charge in [-0.2, -0.15) is 0 Å². The maximum Gasteiger partial charge on any atom is 0.308 e. The van der Waals surface area contributed by atoms with E-state index in [1.54, 1.807) is 11.9 Å². The van der Waals surface area contributed by atoms with Gasteiger partial charge < -0.3 is 24.4 Å². The normalized spacial score (nSPS) is 21.9. The maximum atomic E-state index is 13.5. The molecule has 0 aromatic heterocycles. The number of likely N-dealkylation sites (N-methyl/N-ethyl adjacent to an activating group) is 1. The second-order valence-electron chi connectivity index (χ2n) is 8.27. The zero-order chi connectivity index (χ0) is 24.4. The number of carbonyl (C=O) groups excluding carboxylic acids is 3. The van der Waals surface area contributed by atoms with Gasteiger partial charge in [-0.3, -0.25) is 14.4 Å². The number of nitrogens with zero attached hydrogens (tertiary/aromatic N) is 1. The van der Waals surface area contributed by atoms with Crippen molar-refractivity contribution in [3.8, 4) is 5.75 Å². The molecular weight excluding hydrogens is 450 g/mol. The summed E-state index contributed by atoms with van der Waals surface area (Å²) in [6.45, 7) is 0.168. The second kappa shape index (κ2) is 9.76. The molecule has 2 amide bonds. The van der Waals surface area contributed by atoms with Crippen molar-refractivity contribution in [1.82, 2.24) is 4.90 Å². The fraction of sp³-hybridized carbons (Fsp3) is 0.375. The summed E-state index contributed by atoms with van der Waals surface area (Å²) < 4.78 is 43.5. The molecule has 34 heavy (non-hydrogen) atoms. The van der Waals surface area contributed by atoms with Crippen molar-refractivity contribution in [2.45, 2.75) is 37.5 Å². The van der Waals surface area contributed by atoms with Crippen LogP contribution < -0.4 is 10.1 Å². The number of hydrogen-bond acceptors (Lipinski definition) is 6. The molecule has 4 rings (SSSR count). The van der Waals surface area contributed by atoms with Gasteiger partial charge in [0.2, 0.25) is 0 Å². The van der Waals surface area contributed by atoms with Crippen LogP contribution in [-0.2, 0) is 14.3 Å². The molecule has 10 heteroatoms. The highest BCUT2D eigenvalue weighted by Crippen LogP contribution is 2.32. The van der Waals surface area contributed by atoms with Crippen LogP contribution in [0.4, 0.5) is 14.5 Å². The molecule has 2 aliphatic heterocycles. The molecule has 1 fully saturated rings. The van der Waals surface area contributed by atoms with Gasteiger partial charge in [-0.25, -0.2) is 8.78 Å². The minimum Gasteiger partial charge on any atom is -0.490 e. The average Bonchev–Trinajstić information content (AvgIpc) is 2.81. The smallest absolute Gasteiger partial charge is 0.308 e. The summed E-state index contributed by atoms with van der Waals surface area (Å²) in [6.07, 6.45) is 0.597. The Kier molecular flexibility index (Phi) is 6.78. The maximum absolute atomic E-state index is 13.5. The molecule has 1 saturated heterocycles. The Labute approximate surface area is 194 Å². The predicted molar refractivity (Wildman–Crippen MR) is 117 cm³/mol. The Morgan fingerprint density at radius 1 is 1.15 bits per heavy atom. The second-order valence-corrected chi connectivity index (χ2v) is 8.27. The molecule has 2 aromatic carbocycles. The molecule has 0 bridgehead atoms. The van der Waals surface area contributed by atoms with Crippen molar-refractivity contribution < 1.29 is 37.4 Å². The molecule has 180 valence electrons. The Bertz CT molecular complexity index is 1100. The van der Waals surface area contributed by atoms with Crippen LogP contribution in [0.2, 0.25) is 0 Å². The van der Waals surface area contributed by atoms with E-state index >= 15 is 0 Å². The molecule has 2 aliphatic rings. The SMILES string of the molecule is COC(=O)C[C@@H]1CC[C@@H]2[C@@H](COc3ccc(NC(=O)c4cc(F)cc(F)c4)cc3C(=O)N2C)O1. The number of ether oxygens (including phenoxy) is 3. The number of benzene rings is 2. The molecule has 0 unspecified atom stereocenters. The van der Waals surface area contributed by atoms with Crippen molar-refractivity contribution >= 4 is 23.5 Å². The van der Waals surface area contributed by atoms with Crippen molar-refractivity contribution in [3.05, 3.63) is 59.2 Å². The number of fused-ring (bicyclic) bond motifs is 2. The first kappa shape index (κ1) is 23.6. The van der Waals surface area contributed by atoms with Crippen LogP contribution >= 0.6 is 0 Å². The average molecular weight is 474 g/mol. The van der Waals surface area contributed by atoms with E-state index in [0.29, 0.717) is 24.7 Å². The van der Waals surface area contributed by atoms with Gasteiger partial charge in [-0.1, -0.05) is 0 Å². The molecule has 8 nitrogen and oxygen atoms in total. The van der Waals surface area contributed by atoms with Crippen molar-refractivity contribution in [2.24, 2.45) is 0 Å². The van der Waals surface area contributed by atoms with Crippen LogP contribution in [0, 0.1) is 11.6 Å². The summed E-state index contributed by atoms with van der Waals surface area (Å²) in [5, 5.41) is 2.55. The molecule has 2 heterocycles. The third-order valence-electron chi connectivity index (χ3n) is 6.02. The van der Waals surface area contributed by atoms with E-state index in [1.165, 1.54) is 25.3 Å². The Hall–Kier alpha value is -3.53. The summed E-state index contributed by atoms with van der Waals surface area (Å²) in [5.74, 6) is -2.83. The Morgan fingerprint density at radius 2 is 1.88 bits per heavy atom. The monoisotopic (exact) mass is 474 g/mol.